The van der Waals surface area contributed by atoms with Gasteiger partial charge < -0.3 is 9.47 Å². The van der Waals surface area contributed by atoms with E-state index in [2.05, 4.69) is 0 Å². The Morgan fingerprint density at radius 3 is 3.00 bits per heavy atom. The van der Waals surface area contributed by atoms with Crippen molar-refractivity contribution in [3.05, 3.63) is 46.8 Å². The topological polar surface area (TPSA) is 52.6 Å². The summed E-state index contributed by atoms with van der Waals surface area (Å²) in [5, 5.41) is 0. The summed E-state index contributed by atoms with van der Waals surface area (Å²) in [7, 11) is 0. The van der Waals surface area contributed by atoms with Gasteiger partial charge in [-0.2, -0.15) is 0 Å². The van der Waals surface area contributed by atoms with E-state index < -0.39 is 0 Å². The average molecular weight is 288 g/mol. The molecule has 1 atom stereocenters. The number of esters is 2. The van der Waals surface area contributed by atoms with Crippen molar-refractivity contribution in [2.45, 2.75) is 46.1 Å². The first kappa shape index (κ1) is 15.3. The third-order valence-electron chi connectivity index (χ3n) is 3.59. The SMILES string of the molecule is C/C=C(/C)C(=O)O[C@H](C)C/C=C1\OC(=O)C2=C1CCC=C2. The van der Waals surface area contributed by atoms with Crippen molar-refractivity contribution in [3.8, 4) is 0 Å². The van der Waals surface area contributed by atoms with Gasteiger partial charge in [0.2, 0.25) is 0 Å². The van der Waals surface area contributed by atoms with Crippen LogP contribution >= 0.6 is 0 Å². The molecule has 1 aliphatic carbocycles. The van der Waals surface area contributed by atoms with Gasteiger partial charge in [0.1, 0.15) is 11.9 Å². The molecular formula is C17H20O4. The molecule has 0 saturated heterocycles. The highest BCUT2D eigenvalue weighted by Gasteiger charge is 2.29. The molecule has 112 valence electrons. The van der Waals surface area contributed by atoms with Crippen LogP contribution in [0, 0.1) is 0 Å². The second kappa shape index (κ2) is 6.57. The summed E-state index contributed by atoms with van der Waals surface area (Å²) < 4.78 is 10.6. The smallest absolute Gasteiger partial charge is 0.343 e. The van der Waals surface area contributed by atoms with Crippen molar-refractivity contribution in [1.29, 1.82) is 0 Å². The fourth-order valence-corrected chi connectivity index (χ4v) is 2.21. The first-order valence-electron chi connectivity index (χ1n) is 7.19. The average Bonchev–Trinajstić information content (AvgIpc) is 2.81. The maximum Gasteiger partial charge on any atom is 0.343 e. The largest absolute Gasteiger partial charge is 0.459 e. The van der Waals surface area contributed by atoms with Crippen molar-refractivity contribution in [2.24, 2.45) is 0 Å². The number of carbonyl (C=O) groups excluding carboxylic acids is 2. The molecular weight excluding hydrogens is 268 g/mol. The minimum Gasteiger partial charge on any atom is -0.459 e. The molecule has 0 N–H and O–H groups in total. The van der Waals surface area contributed by atoms with Gasteiger partial charge in [0.05, 0.1) is 5.57 Å². The number of allylic oxidation sites excluding steroid dienone is 3. The van der Waals surface area contributed by atoms with Crippen LogP contribution in [0.3, 0.4) is 0 Å². The van der Waals surface area contributed by atoms with Crippen LogP contribution in [0.2, 0.25) is 0 Å². The normalized spacial score (nSPS) is 21.4. The highest BCUT2D eigenvalue weighted by Crippen LogP contribution is 2.33. The first-order chi connectivity index (χ1) is 10.0. The van der Waals surface area contributed by atoms with Crippen LogP contribution in [0.5, 0.6) is 0 Å². The third-order valence-corrected chi connectivity index (χ3v) is 3.59. The van der Waals surface area contributed by atoms with E-state index in [1.54, 1.807) is 19.9 Å². The molecule has 0 radical (unpaired) electrons. The Morgan fingerprint density at radius 1 is 1.52 bits per heavy atom. The van der Waals surface area contributed by atoms with Crippen LogP contribution in [0.15, 0.2) is 46.8 Å². The van der Waals surface area contributed by atoms with E-state index >= 15 is 0 Å². The van der Waals surface area contributed by atoms with Gasteiger partial charge in [-0.3, -0.25) is 0 Å². The minimum absolute atomic E-state index is 0.262. The van der Waals surface area contributed by atoms with Crippen LogP contribution in [-0.2, 0) is 19.1 Å². The van der Waals surface area contributed by atoms with Crippen LogP contribution in [0.4, 0.5) is 0 Å². The fraction of sp³-hybridized carbons (Fsp3) is 0.412. The Bertz CT molecular complexity index is 576. The Morgan fingerprint density at radius 2 is 2.29 bits per heavy atom. The lowest BCUT2D eigenvalue weighted by atomic mass is 9.97. The number of ether oxygens (including phenoxy) is 2. The van der Waals surface area contributed by atoms with Crippen molar-refractivity contribution in [3.63, 3.8) is 0 Å². The molecule has 2 rings (SSSR count). The fourth-order valence-electron chi connectivity index (χ4n) is 2.21. The molecule has 0 aromatic heterocycles. The summed E-state index contributed by atoms with van der Waals surface area (Å²) in [5.41, 5.74) is 2.21. The second-order valence-electron chi connectivity index (χ2n) is 5.21. The molecule has 1 heterocycles. The van der Waals surface area contributed by atoms with E-state index in [0.717, 1.165) is 18.4 Å². The van der Waals surface area contributed by atoms with Gasteiger partial charge in [0.15, 0.2) is 0 Å². The summed E-state index contributed by atoms with van der Waals surface area (Å²) >= 11 is 0. The molecule has 1 aliphatic heterocycles. The minimum atomic E-state index is -0.313. The molecule has 0 saturated carbocycles. The van der Waals surface area contributed by atoms with Crippen molar-refractivity contribution in [2.75, 3.05) is 0 Å². The quantitative estimate of drug-likeness (QED) is 0.588. The van der Waals surface area contributed by atoms with Gasteiger partial charge in [-0.15, -0.1) is 0 Å². The summed E-state index contributed by atoms with van der Waals surface area (Å²) in [6, 6.07) is 0. The summed E-state index contributed by atoms with van der Waals surface area (Å²) in [6.45, 7) is 5.34. The lowest BCUT2D eigenvalue weighted by Crippen LogP contribution is -2.15. The van der Waals surface area contributed by atoms with E-state index in [1.807, 2.05) is 25.2 Å². The Kier molecular flexibility index (Phi) is 4.78. The third kappa shape index (κ3) is 3.51. The van der Waals surface area contributed by atoms with Crippen molar-refractivity contribution < 1.29 is 19.1 Å². The molecule has 0 bridgehead atoms. The first-order valence-corrected chi connectivity index (χ1v) is 7.19. The number of carbonyl (C=O) groups is 2. The molecule has 0 aromatic carbocycles. The highest BCUT2D eigenvalue weighted by molar-refractivity contribution is 5.97. The maximum absolute atomic E-state index is 11.7. The summed E-state index contributed by atoms with van der Waals surface area (Å²) in [4.78, 5) is 23.4. The number of rotatable bonds is 4. The van der Waals surface area contributed by atoms with E-state index in [1.165, 1.54) is 0 Å². The van der Waals surface area contributed by atoms with Crippen LogP contribution in [-0.4, -0.2) is 18.0 Å². The second-order valence-corrected chi connectivity index (χ2v) is 5.21. The standard InChI is InChI=1S/C17H20O4/c1-4-11(2)16(18)20-12(3)9-10-15-13-7-5-6-8-14(13)17(19)21-15/h4,6,8,10,12H,5,7,9H2,1-3H3/b11-4-,15-10-/t12-/m1/s1. The van der Waals surface area contributed by atoms with Gasteiger partial charge in [-0.1, -0.05) is 18.2 Å². The summed E-state index contributed by atoms with van der Waals surface area (Å²) in [5.74, 6) is 0.0129. The van der Waals surface area contributed by atoms with Crippen molar-refractivity contribution >= 4 is 11.9 Å². The van der Waals surface area contributed by atoms with Crippen LogP contribution < -0.4 is 0 Å². The van der Waals surface area contributed by atoms with Gasteiger partial charge in [0.25, 0.3) is 0 Å². The van der Waals surface area contributed by atoms with Gasteiger partial charge in [-0.05, 0) is 39.7 Å². The zero-order chi connectivity index (χ0) is 15.4. The lowest BCUT2D eigenvalue weighted by molar-refractivity contribution is -0.143. The van der Waals surface area contributed by atoms with Gasteiger partial charge in [-0.25, -0.2) is 9.59 Å². The molecule has 0 aromatic rings. The Labute approximate surface area is 124 Å². The predicted octanol–water partition coefficient (Wildman–Crippen LogP) is 3.36. The van der Waals surface area contributed by atoms with Crippen LogP contribution in [0.1, 0.15) is 40.0 Å². The molecule has 0 spiro atoms. The van der Waals surface area contributed by atoms with Gasteiger partial charge in [0, 0.05) is 17.6 Å². The molecule has 21 heavy (non-hydrogen) atoms. The number of hydrogen-bond acceptors (Lipinski definition) is 4. The van der Waals surface area contributed by atoms with Crippen molar-refractivity contribution in [1.82, 2.24) is 0 Å². The van der Waals surface area contributed by atoms with E-state index in [4.69, 9.17) is 9.47 Å². The maximum atomic E-state index is 11.7. The van der Waals surface area contributed by atoms with E-state index in [-0.39, 0.29) is 18.0 Å². The molecule has 0 fully saturated rings. The van der Waals surface area contributed by atoms with E-state index in [0.29, 0.717) is 23.3 Å². The molecule has 4 heteroatoms. The monoisotopic (exact) mass is 288 g/mol. The van der Waals surface area contributed by atoms with E-state index in [9.17, 15) is 9.59 Å². The zero-order valence-corrected chi connectivity index (χ0v) is 12.6. The summed E-state index contributed by atoms with van der Waals surface area (Å²) in [6.07, 6.45) is 9.34. The predicted molar refractivity (Wildman–Crippen MR) is 79.2 cm³/mol. The lowest BCUT2D eigenvalue weighted by Gasteiger charge is -2.12. The molecule has 2 aliphatic rings. The van der Waals surface area contributed by atoms with Crippen LogP contribution in [0.25, 0.3) is 0 Å². The Balaban J connectivity index is 1.99. The zero-order valence-electron chi connectivity index (χ0n) is 12.6. The molecule has 0 amide bonds. The Hall–Kier alpha value is -2.10. The highest BCUT2D eigenvalue weighted by atomic mass is 16.5. The molecule has 0 unspecified atom stereocenters. The number of cyclic esters (lactones) is 1. The molecule has 4 nitrogen and oxygen atoms in total. The van der Waals surface area contributed by atoms with Gasteiger partial charge >= 0.3 is 11.9 Å². The number of hydrogen-bond donors (Lipinski definition) is 0.